The highest BCUT2D eigenvalue weighted by Crippen LogP contribution is 2.32. The molecule has 0 radical (unpaired) electrons. The Labute approximate surface area is 112 Å². The SMILES string of the molecule is NC(=O)c1ccc(Oc2cccc(N)c2Br)nc1. The molecule has 0 aliphatic rings. The van der Waals surface area contributed by atoms with Crippen LogP contribution in [0.25, 0.3) is 0 Å². The Bertz CT molecular complexity index is 584. The molecule has 0 atom stereocenters. The highest BCUT2D eigenvalue weighted by atomic mass is 79.9. The number of hydrogen-bond acceptors (Lipinski definition) is 4. The summed E-state index contributed by atoms with van der Waals surface area (Å²) in [5, 5.41) is 0. The van der Waals surface area contributed by atoms with E-state index in [1.807, 2.05) is 0 Å². The summed E-state index contributed by atoms with van der Waals surface area (Å²) in [7, 11) is 0. The fourth-order valence-electron chi connectivity index (χ4n) is 1.31. The Hall–Kier alpha value is -2.08. The van der Waals surface area contributed by atoms with Crippen molar-refractivity contribution in [3.8, 4) is 11.6 Å². The molecule has 0 unspecified atom stereocenters. The molecule has 0 aliphatic carbocycles. The standard InChI is InChI=1S/C12H10BrN3O2/c13-11-8(14)2-1-3-9(11)18-10-5-4-7(6-16-10)12(15)17/h1-6H,14H2,(H2,15,17). The zero-order chi connectivity index (χ0) is 13.1. The molecule has 5 nitrogen and oxygen atoms in total. The van der Waals surface area contributed by atoms with E-state index in [0.717, 1.165) is 0 Å². The first kappa shape index (κ1) is 12.4. The van der Waals surface area contributed by atoms with E-state index in [4.69, 9.17) is 16.2 Å². The maximum atomic E-state index is 10.9. The van der Waals surface area contributed by atoms with Crippen LogP contribution in [0.2, 0.25) is 0 Å². The van der Waals surface area contributed by atoms with Crippen LogP contribution < -0.4 is 16.2 Å². The van der Waals surface area contributed by atoms with E-state index in [2.05, 4.69) is 20.9 Å². The number of nitrogens with two attached hydrogens (primary N) is 2. The fraction of sp³-hybridized carbons (Fsp3) is 0. The molecule has 2 aromatic rings. The molecule has 1 amide bonds. The number of primary amides is 1. The van der Waals surface area contributed by atoms with E-state index >= 15 is 0 Å². The van der Waals surface area contributed by atoms with E-state index in [1.165, 1.54) is 6.20 Å². The van der Waals surface area contributed by atoms with Crippen molar-refractivity contribution < 1.29 is 9.53 Å². The van der Waals surface area contributed by atoms with Gasteiger partial charge in [0, 0.05) is 18.0 Å². The molecule has 0 saturated carbocycles. The Morgan fingerprint density at radius 3 is 2.67 bits per heavy atom. The summed E-state index contributed by atoms with van der Waals surface area (Å²) in [6, 6.07) is 8.39. The lowest BCUT2D eigenvalue weighted by molar-refractivity contribution is 0.1000. The van der Waals surface area contributed by atoms with Crippen LogP contribution in [-0.4, -0.2) is 10.9 Å². The summed E-state index contributed by atoms with van der Waals surface area (Å²) in [4.78, 5) is 14.9. The number of amides is 1. The van der Waals surface area contributed by atoms with Gasteiger partial charge in [-0.3, -0.25) is 4.79 Å². The molecule has 0 spiro atoms. The number of nitrogen functional groups attached to an aromatic ring is 1. The minimum Gasteiger partial charge on any atom is -0.438 e. The summed E-state index contributed by atoms with van der Waals surface area (Å²) in [5.74, 6) is 0.375. The van der Waals surface area contributed by atoms with Crippen molar-refractivity contribution >= 4 is 27.5 Å². The van der Waals surface area contributed by atoms with Gasteiger partial charge in [-0.25, -0.2) is 4.98 Å². The number of nitrogens with zero attached hydrogens (tertiary/aromatic N) is 1. The molecule has 92 valence electrons. The number of ether oxygens (including phenoxy) is 1. The molecule has 4 N–H and O–H groups in total. The number of pyridine rings is 1. The second-order valence-corrected chi connectivity index (χ2v) is 4.30. The second kappa shape index (κ2) is 5.05. The smallest absolute Gasteiger partial charge is 0.250 e. The highest BCUT2D eigenvalue weighted by Gasteiger charge is 2.07. The summed E-state index contributed by atoms with van der Waals surface area (Å²) < 4.78 is 6.19. The molecule has 2 rings (SSSR count). The van der Waals surface area contributed by atoms with Crippen LogP contribution in [0.3, 0.4) is 0 Å². The van der Waals surface area contributed by atoms with E-state index < -0.39 is 5.91 Å². The summed E-state index contributed by atoms with van der Waals surface area (Å²) >= 11 is 3.32. The van der Waals surface area contributed by atoms with Gasteiger partial charge in [0.05, 0.1) is 10.0 Å². The number of anilines is 1. The Balaban J connectivity index is 2.24. The number of benzene rings is 1. The average Bonchev–Trinajstić information content (AvgIpc) is 2.36. The lowest BCUT2D eigenvalue weighted by Gasteiger charge is -2.08. The minimum absolute atomic E-state index is 0.328. The van der Waals surface area contributed by atoms with E-state index in [1.54, 1.807) is 30.3 Å². The van der Waals surface area contributed by atoms with Gasteiger partial charge in [-0.2, -0.15) is 0 Å². The van der Waals surface area contributed by atoms with Crippen molar-refractivity contribution in [3.63, 3.8) is 0 Å². The van der Waals surface area contributed by atoms with Crippen LogP contribution in [0.4, 0.5) is 5.69 Å². The number of halogens is 1. The lowest BCUT2D eigenvalue weighted by Crippen LogP contribution is -2.10. The molecule has 18 heavy (non-hydrogen) atoms. The van der Waals surface area contributed by atoms with Crippen molar-refractivity contribution in [2.75, 3.05) is 5.73 Å². The predicted molar refractivity (Wildman–Crippen MR) is 71.4 cm³/mol. The number of aromatic nitrogens is 1. The molecule has 6 heteroatoms. The third-order valence-electron chi connectivity index (χ3n) is 2.23. The first-order valence-electron chi connectivity index (χ1n) is 5.05. The fourth-order valence-corrected chi connectivity index (χ4v) is 1.65. The molecule has 1 aromatic heterocycles. The van der Waals surface area contributed by atoms with Crippen LogP contribution in [0.5, 0.6) is 11.6 Å². The molecular formula is C12H10BrN3O2. The van der Waals surface area contributed by atoms with Gasteiger partial charge in [0.2, 0.25) is 11.8 Å². The zero-order valence-corrected chi connectivity index (χ0v) is 10.8. The van der Waals surface area contributed by atoms with Crippen LogP contribution in [0.15, 0.2) is 41.0 Å². The van der Waals surface area contributed by atoms with Gasteiger partial charge in [-0.15, -0.1) is 0 Å². The number of rotatable bonds is 3. The summed E-state index contributed by atoms with van der Waals surface area (Å²) in [5.41, 5.74) is 11.7. The summed E-state index contributed by atoms with van der Waals surface area (Å²) in [6.45, 7) is 0. The van der Waals surface area contributed by atoms with Gasteiger partial charge in [-0.05, 0) is 34.1 Å². The first-order valence-corrected chi connectivity index (χ1v) is 5.85. The molecule has 0 fully saturated rings. The van der Waals surface area contributed by atoms with Gasteiger partial charge in [-0.1, -0.05) is 6.07 Å². The third-order valence-corrected chi connectivity index (χ3v) is 3.08. The van der Waals surface area contributed by atoms with Gasteiger partial charge in [0.25, 0.3) is 0 Å². The first-order chi connectivity index (χ1) is 8.58. The second-order valence-electron chi connectivity index (χ2n) is 3.51. The Morgan fingerprint density at radius 1 is 1.28 bits per heavy atom. The van der Waals surface area contributed by atoms with Crippen LogP contribution in [-0.2, 0) is 0 Å². The minimum atomic E-state index is -0.529. The molecular weight excluding hydrogens is 298 g/mol. The Morgan fingerprint density at radius 2 is 2.06 bits per heavy atom. The number of carbonyl (C=O) groups is 1. The summed E-state index contributed by atoms with van der Waals surface area (Å²) in [6.07, 6.45) is 1.36. The highest BCUT2D eigenvalue weighted by molar-refractivity contribution is 9.10. The average molecular weight is 308 g/mol. The Kier molecular flexibility index (Phi) is 3.47. The van der Waals surface area contributed by atoms with Crippen LogP contribution in [0.1, 0.15) is 10.4 Å². The van der Waals surface area contributed by atoms with E-state index in [-0.39, 0.29) is 0 Å². The maximum absolute atomic E-state index is 10.9. The molecule has 0 aliphatic heterocycles. The molecule has 1 aromatic carbocycles. The normalized spacial score (nSPS) is 10.1. The topological polar surface area (TPSA) is 91.2 Å². The van der Waals surface area contributed by atoms with Crippen LogP contribution in [0, 0.1) is 0 Å². The van der Waals surface area contributed by atoms with E-state index in [0.29, 0.717) is 27.4 Å². The van der Waals surface area contributed by atoms with Crippen molar-refractivity contribution in [2.45, 2.75) is 0 Å². The predicted octanol–water partition coefficient (Wildman–Crippen LogP) is 2.32. The van der Waals surface area contributed by atoms with Crippen molar-refractivity contribution in [1.29, 1.82) is 0 Å². The van der Waals surface area contributed by atoms with Crippen molar-refractivity contribution in [1.82, 2.24) is 4.98 Å². The molecule has 0 bridgehead atoms. The van der Waals surface area contributed by atoms with Crippen LogP contribution >= 0.6 is 15.9 Å². The van der Waals surface area contributed by atoms with Crippen molar-refractivity contribution in [3.05, 3.63) is 46.6 Å². The zero-order valence-electron chi connectivity index (χ0n) is 9.26. The van der Waals surface area contributed by atoms with Crippen molar-refractivity contribution in [2.24, 2.45) is 5.73 Å². The lowest BCUT2D eigenvalue weighted by atomic mass is 10.3. The quantitative estimate of drug-likeness (QED) is 0.851. The van der Waals surface area contributed by atoms with Gasteiger partial charge >= 0.3 is 0 Å². The largest absolute Gasteiger partial charge is 0.438 e. The molecule has 0 saturated heterocycles. The van der Waals surface area contributed by atoms with E-state index in [9.17, 15) is 4.79 Å². The van der Waals surface area contributed by atoms with Gasteiger partial charge < -0.3 is 16.2 Å². The monoisotopic (exact) mass is 307 g/mol. The molecule has 1 heterocycles. The number of hydrogen-bond donors (Lipinski definition) is 2. The number of carbonyl (C=O) groups excluding carboxylic acids is 1. The van der Waals surface area contributed by atoms with Gasteiger partial charge in [0.1, 0.15) is 5.75 Å². The maximum Gasteiger partial charge on any atom is 0.250 e. The third kappa shape index (κ3) is 2.60. The van der Waals surface area contributed by atoms with Gasteiger partial charge in [0.15, 0.2) is 0 Å².